The lowest BCUT2D eigenvalue weighted by Gasteiger charge is -2.02. The van der Waals surface area contributed by atoms with Crippen LogP contribution >= 0.6 is 11.8 Å². The molecule has 2 rings (SSSR count). The maximum absolute atomic E-state index is 9.11. The van der Waals surface area contributed by atoms with E-state index in [0.29, 0.717) is 11.4 Å². The summed E-state index contributed by atoms with van der Waals surface area (Å²) in [7, 11) is 0. The summed E-state index contributed by atoms with van der Waals surface area (Å²) >= 11 is 1.64. The number of nitrogens with zero attached hydrogens (tertiary/aromatic N) is 2. The van der Waals surface area contributed by atoms with Crippen molar-refractivity contribution in [3.05, 3.63) is 28.6 Å². The van der Waals surface area contributed by atoms with Crippen LogP contribution in [0.5, 0.6) is 0 Å². The number of aryl methyl sites for hydroxylation is 1. The van der Waals surface area contributed by atoms with E-state index in [0.717, 1.165) is 22.0 Å². The van der Waals surface area contributed by atoms with Crippen LogP contribution < -0.4 is 0 Å². The molecule has 1 aliphatic rings. The lowest BCUT2D eigenvalue weighted by atomic mass is 10.2. The molecule has 0 unspecified atom stereocenters. The van der Waals surface area contributed by atoms with E-state index in [2.05, 4.69) is 19.1 Å². The van der Waals surface area contributed by atoms with E-state index in [1.54, 1.807) is 11.8 Å². The first-order valence-electron chi connectivity index (χ1n) is 5.17. The van der Waals surface area contributed by atoms with Gasteiger partial charge in [-0.3, -0.25) is 9.98 Å². The van der Waals surface area contributed by atoms with Crippen LogP contribution in [0.15, 0.2) is 11.6 Å². The van der Waals surface area contributed by atoms with Gasteiger partial charge in [0.15, 0.2) is 0 Å². The number of nitriles is 1. The molecule has 3 nitrogen and oxygen atoms in total. The molecule has 1 aliphatic heterocycles. The minimum atomic E-state index is 0.319. The smallest absolute Gasteiger partial charge is 0.149 e. The number of rotatable bonds is 2. The van der Waals surface area contributed by atoms with Crippen molar-refractivity contribution in [2.24, 2.45) is 0 Å². The van der Waals surface area contributed by atoms with Crippen molar-refractivity contribution in [1.29, 1.82) is 10.7 Å². The third-order valence-electron chi connectivity index (χ3n) is 2.82. The number of thioether (sulfide) groups is 1. The van der Waals surface area contributed by atoms with Crippen molar-refractivity contribution in [2.75, 3.05) is 5.75 Å². The van der Waals surface area contributed by atoms with Gasteiger partial charge < -0.3 is 0 Å². The Bertz CT molecular complexity index is 543. The Morgan fingerprint density at radius 1 is 1.50 bits per heavy atom. The van der Waals surface area contributed by atoms with Crippen molar-refractivity contribution in [2.45, 2.75) is 20.8 Å². The summed E-state index contributed by atoms with van der Waals surface area (Å²) in [4.78, 5) is 0.950. The van der Waals surface area contributed by atoms with Crippen LogP contribution in [-0.2, 0) is 0 Å². The fourth-order valence-electron chi connectivity index (χ4n) is 1.93. The SMILES string of the molecule is CCSC1=C(C#N)C(=N)n2c1cc(C)c2C. The summed E-state index contributed by atoms with van der Waals surface area (Å²) in [5.41, 5.74) is 3.73. The van der Waals surface area contributed by atoms with Crippen LogP contribution in [0.3, 0.4) is 0 Å². The van der Waals surface area contributed by atoms with Gasteiger partial charge >= 0.3 is 0 Å². The Morgan fingerprint density at radius 2 is 2.19 bits per heavy atom. The van der Waals surface area contributed by atoms with Crippen LogP contribution in [-0.4, -0.2) is 16.2 Å². The molecule has 82 valence electrons. The van der Waals surface area contributed by atoms with Crippen molar-refractivity contribution in [3.8, 4) is 6.07 Å². The highest BCUT2D eigenvalue weighted by atomic mass is 32.2. The molecule has 0 atom stereocenters. The second kappa shape index (κ2) is 3.84. The van der Waals surface area contributed by atoms with Gasteiger partial charge in [-0.2, -0.15) is 5.26 Å². The number of aromatic nitrogens is 1. The molecule has 1 aromatic rings. The molecule has 0 amide bonds. The topological polar surface area (TPSA) is 52.6 Å². The molecule has 16 heavy (non-hydrogen) atoms. The minimum absolute atomic E-state index is 0.319. The second-order valence-corrected chi connectivity index (χ2v) is 5.01. The molecule has 0 bridgehead atoms. The van der Waals surface area contributed by atoms with Gasteiger partial charge in [-0.1, -0.05) is 6.92 Å². The predicted octanol–water partition coefficient (Wildman–Crippen LogP) is 2.93. The molecule has 4 heteroatoms. The van der Waals surface area contributed by atoms with E-state index in [1.807, 2.05) is 18.4 Å². The maximum atomic E-state index is 9.11. The van der Waals surface area contributed by atoms with E-state index in [1.165, 1.54) is 5.56 Å². The van der Waals surface area contributed by atoms with Gasteiger partial charge in [-0.05, 0) is 31.2 Å². The first-order chi connectivity index (χ1) is 7.61. The van der Waals surface area contributed by atoms with Gasteiger partial charge in [0.05, 0.1) is 10.6 Å². The zero-order valence-corrected chi connectivity index (χ0v) is 10.4. The fourth-order valence-corrected chi connectivity index (χ4v) is 2.80. The molecule has 0 saturated carbocycles. The summed E-state index contributed by atoms with van der Waals surface area (Å²) in [6, 6.07) is 4.20. The van der Waals surface area contributed by atoms with Crippen molar-refractivity contribution >= 4 is 22.5 Å². The average molecular weight is 231 g/mol. The van der Waals surface area contributed by atoms with Crippen LogP contribution in [0.4, 0.5) is 0 Å². The predicted molar refractivity (Wildman–Crippen MR) is 67.7 cm³/mol. The molecule has 1 aromatic heterocycles. The highest BCUT2D eigenvalue weighted by Gasteiger charge is 2.28. The maximum Gasteiger partial charge on any atom is 0.149 e. The molecule has 2 heterocycles. The van der Waals surface area contributed by atoms with Gasteiger partial charge in [0.1, 0.15) is 17.5 Å². The molecule has 1 N–H and O–H groups in total. The molecular weight excluding hydrogens is 218 g/mol. The van der Waals surface area contributed by atoms with E-state index < -0.39 is 0 Å². The minimum Gasteiger partial charge on any atom is -0.297 e. The number of fused-ring (bicyclic) bond motifs is 1. The molecule has 0 aliphatic carbocycles. The van der Waals surface area contributed by atoms with Gasteiger partial charge in [-0.15, -0.1) is 11.8 Å². The standard InChI is InChI=1S/C12H13N3S/c1-4-16-11-9(6-13)12(14)15-8(3)7(2)5-10(11)15/h5,14H,4H2,1-3H3. The monoisotopic (exact) mass is 231 g/mol. The number of hydrogen-bond donors (Lipinski definition) is 1. The molecule has 0 radical (unpaired) electrons. The van der Waals surface area contributed by atoms with Gasteiger partial charge in [0.25, 0.3) is 0 Å². The number of nitrogens with one attached hydrogen (secondary N) is 1. The Balaban J connectivity index is 2.66. The van der Waals surface area contributed by atoms with E-state index in [-0.39, 0.29) is 0 Å². The lowest BCUT2D eigenvalue weighted by Crippen LogP contribution is -2.09. The molecule has 0 spiro atoms. The van der Waals surface area contributed by atoms with Crippen molar-refractivity contribution in [1.82, 2.24) is 4.57 Å². The van der Waals surface area contributed by atoms with Crippen molar-refractivity contribution in [3.63, 3.8) is 0 Å². The summed E-state index contributed by atoms with van der Waals surface area (Å²) in [5, 5.41) is 17.1. The van der Waals surface area contributed by atoms with Crippen molar-refractivity contribution < 1.29 is 0 Å². The summed E-state index contributed by atoms with van der Waals surface area (Å²) in [6.45, 7) is 6.08. The highest BCUT2D eigenvalue weighted by Crippen LogP contribution is 2.38. The summed E-state index contributed by atoms with van der Waals surface area (Å²) in [6.07, 6.45) is 0. The van der Waals surface area contributed by atoms with Gasteiger partial charge in [0, 0.05) is 5.69 Å². The third kappa shape index (κ3) is 1.32. The Morgan fingerprint density at radius 3 is 2.75 bits per heavy atom. The zero-order valence-electron chi connectivity index (χ0n) is 9.59. The van der Waals surface area contributed by atoms with Crippen LogP contribution in [0, 0.1) is 30.6 Å². The Labute approximate surface area is 99.3 Å². The Hall–Kier alpha value is -1.47. The normalized spacial score (nSPS) is 14.2. The lowest BCUT2D eigenvalue weighted by molar-refractivity contribution is 1.06. The fraction of sp³-hybridized carbons (Fsp3) is 0.333. The molecule has 0 aromatic carbocycles. The Kier molecular flexibility index (Phi) is 2.64. The van der Waals surface area contributed by atoms with Crippen LogP contribution in [0.2, 0.25) is 0 Å². The zero-order chi connectivity index (χ0) is 11.9. The van der Waals surface area contributed by atoms with Gasteiger partial charge in [0.2, 0.25) is 0 Å². The largest absolute Gasteiger partial charge is 0.297 e. The number of hydrogen-bond acceptors (Lipinski definition) is 3. The van der Waals surface area contributed by atoms with E-state index in [4.69, 9.17) is 10.7 Å². The summed E-state index contributed by atoms with van der Waals surface area (Å²) in [5.74, 6) is 1.23. The molecule has 0 fully saturated rings. The first-order valence-corrected chi connectivity index (χ1v) is 6.16. The van der Waals surface area contributed by atoms with E-state index in [9.17, 15) is 0 Å². The number of allylic oxidation sites excluding steroid dienone is 1. The summed E-state index contributed by atoms with van der Waals surface area (Å²) < 4.78 is 1.87. The van der Waals surface area contributed by atoms with Gasteiger partial charge in [-0.25, -0.2) is 0 Å². The van der Waals surface area contributed by atoms with Crippen LogP contribution in [0.25, 0.3) is 4.91 Å². The third-order valence-corrected chi connectivity index (χ3v) is 3.81. The molecular formula is C12H13N3S. The quantitative estimate of drug-likeness (QED) is 0.850. The van der Waals surface area contributed by atoms with E-state index >= 15 is 0 Å². The van der Waals surface area contributed by atoms with Crippen LogP contribution in [0.1, 0.15) is 23.9 Å². The highest BCUT2D eigenvalue weighted by molar-refractivity contribution is 8.08. The average Bonchev–Trinajstić information content (AvgIpc) is 2.67. The second-order valence-electron chi connectivity index (χ2n) is 3.73. The first kappa shape index (κ1) is 11.0. The molecule has 0 saturated heterocycles.